The molecule has 3 heterocycles. The van der Waals surface area contributed by atoms with Gasteiger partial charge in [0.1, 0.15) is 11.9 Å². The van der Waals surface area contributed by atoms with Crippen LogP contribution in [0.15, 0.2) is 24.5 Å². The number of hydrogen-bond donors (Lipinski definition) is 0. The Morgan fingerprint density at radius 2 is 2.50 bits per heavy atom. The Bertz CT molecular complexity index is 558. The van der Waals surface area contributed by atoms with Crippen molar-refractivity contribution in [3.63, 3.8) is 0 Å². The highest BCUT2D eigenvalue weighted by atomic mass is 32.2. The van der Waals surface area contributed by atoms with E-state index in [4.69, 9.17) is 0 Å². The highest BCUT2D eigenvalue weighted by Crippen LogP contribution is 2.25. The summed E-state index contributed by atoms with van der Waals surface area (Å²) in [7, 11) is 0. The number of thioether (sulfide) groups is 1. The molecule has 1 fully saturated rings. The molecular weight excluding hydrogens is 244 g/mol. The second-order valence-electron chi connectivity index (χ2n) is 4.86. The topological polar surface area (TPSA) is 34.4 Å². The minimum atomic E-state index is 0.688. The molecule has 1 aliphatic rings. The van der Waals surface area contributed by atoms with Gasteiger partial charge in [-0.1, -0.05) is 0 Å². The number of aldehydes is 1. The summed E-state index contributed by atoms with van der Waals surface area (Å²) < 4.78 is 2.00. The van der Waals surface area contributed by atoms with E-state index >= 15 is 0 Å². The third kappa shape index (κ3) is 2.43. The van der Waals surface area contributed by atoms with Crippen LogP contribution in [0.2, 0.25) is 0 Å². The molecule has 18 heavy (non-hydrogen) atoms. The van der Waals surface area contributed by atoms with E-state index in [1.54, 1.807) is 0 Å². The minimum absolute atomic E-state index is 0.688. The third-order valence-corrected chi connectivity index (χ3v) is 4.71. The number of hydrogen-bond acceptors (Lipinski definition) is 3. The Labute approximate surface area is 111 Å². The zero-order chi connectivity index (χ0) is 12.4. The van der Waals surface area contributed by atoms with Crippen LogP contribution in [-0.4, -0.2) is 27.2 Å². The normalized spacial score (nSPS) is 20.1. The lowest BCUT2D eigenvalue weighted by Crippen LogP contribution is -2.13. The molecule has 2 aromatic heterocycles. The summed E-state index contributed by atoms with van der Waals surface area (Å²) in [4.78, 5) is 15.3. The molecule has 0 radical (unpaired) electrons. The van der Waals surface area contributed by atoms with Gasteiger partial charge >= 0.3 is 0 Å². The molecule has 1 unspecified atom stereocenters. The molecule has 0 amide bonds. The molecule has 0 saturated carbocycles. The van der Waals surface area contributed by atoms with Gasteiger partial charge in [0.15, 0.2) is 0 Å². The van der Waals surface area contributed by atoms with Gasteiger partial charge in [-0.2, -0.15) is 11.8 Å². The molecule has 0 N–H and O–H groups in total. The van der Waals surface area contributed by atoms with Gasteiger partial charge in [-0.3, -0.25) is 4.79 Å². The van der Waals surface area contributed by atoms with Crippen molar-refractivity contribution in [1.29, 1.82) is 0 Å². The largest absolute Gasteiger partial charge is 0.307 e. The number of fused-ring (bicyclic) bond motifs is 1. The molecule has 0 aliphatic carbocycles. The number of rotatable bonds is 3. The first-order valence-corrected chi connectivity index (χ1v) is 7.51. The summed E-state index contributed by atoms with van der Waals surface area (Å²) in [6, 6.07) is 3.66. The molecule has 0 aromatic carbocycles. The van der Waals surface area contributed by atoms with E-state index in [9.17, 15) is 4.79 Å². The number of imidazole rings is 1. The molecular formula is C14H16N2OS. The average molecular weight is 260 g/mol. The number of aromatic nitrogens is 2. The van der Waals surface area contributed by atoms with Crippen molar-refractivity contribution < 1.29 is 4.79 Å². The van der Waals surface area contributed by atoms with Crippen LogP contribution in [0.25, 0.3) is 5.65 Å². The second kappa shape index (κ2) is 5.14. The summed E-state index contributed by atoms with van der Waals surface area (Å²) in [5, 5.41) is 0. The van der Waals surface area contributed by atoms with E-state index in [-0.39, 0.29) is 0 Å². The lowest BCUT2D eigenvalue weighted by atomic mass is 10.00. The van der Waals surface area contributed by atoms with Gasteiger partial charge in [-0.05, 0) is 48.8 Å². The summed E-state index contributed by atoms with van der Waals surface area (Å²) in [6.07, 6.45) is 8.57. The second-order valence-corrected chi connectivity index (χ2v) is 6.01. The summed E-state index contributed by atoms with van der Waals surface area (Å²) in [5.74, 6) is 3.33. The van der Waals surface area contributed by atoms with Crippen LogP contribution in [0.3, 0.4) is 0 Å². The first-order valence-electron chi connectivity index (χ1n) is 6.36. The molecule has 94 valence electrons. The molecule has 4 heteroatoms. The zero-order valence-electron chi connectivity index (χ0n) is 10.2. The van der Waals surface area contributed by atoms with Crippen molar-refractivity contribution in [3.8, 4) is 0 Å². The fourth-order valence-electron chi connectivity index (χ4n) is 2.49. The van der Waals surface area contributed by atoms with Crippen LogP contribution in [0.5, 0.6) is 0 Å². The van der Waals surface area contributed by atoms with Gasteiger partial charge in [0.05, 0.1) is 5.69 Å². The monoisotopic (exact) mass is 260 g/mol. The standard InChI is InChI=1S/C14H16N2OS/c17-9-11-3-4-16-8-13(15-14(16)7-11)6-12-2-1-5-18-10-12/h3-4,7-9,12H,1-2,5-6,10H2. The van der Waals surface area contributed by atoms with E-state index in [1.165, 1.54) is 24.3 Å². The van der Waals surface area contributed by atoms with Gasteiger partial charge in [0.25, 0.3) is 0 Å². The molecule has 2 aromatic rings. The highest BCUT2D eigenvalue weighted by molar-refractivity contribution is 7.99. The summed E-state index contributed by atoms with van der Waals surface area (Å²) in [6.45, 7) is 0. The van der Waals surface area contributed by atoms with Crippen LogP contribution in [0.4, 0.5) is 0 Å². The smallest absolute Gasteiger partial charge is 0.150 e. The number of pyridine rings is 1. The Morgan fingerprint density at radius 3 is 3.28 bits per heavy atom. The van der Waals surface area contributed by atoms with Crippen LogP contribution < -0.4 is 0 Å². The predicted molar refractivity (Wildman–Crippen MR) is 74.3 cm³/mol. The third-order valence-electron chi connectivity index (χ3n) is 3.42. The van der Waals surface area contributed by atoms with E-state index in [2.05, 4.69) is 22.9 Å². The Kier molecular flexibility index (Phi) is 3.37. The van der Waals surface area contributed by atoms with Crippen molar-refractivity contribution in [2.24, 2.45) is 5.92 Å². The number of carbonyl (C=O) groups excluding carboxylic acids is 1. The fraction of sp³-hybridized carbons (Fsp3) is 0.429. The van der Waals surface area contributed by atoms with Gasteiger partial charge in [-0.25, -0.2) is 4.98 Å². The molecule has 3 rings (SSSR count). The SMILES string of the molecule is O=Cc1ccn2cc(CC3CCCSC3)nc2c1. The highest BCUT2D eigenvalue weighted by Gasteiger charge is 2.15. The number of carbonyl (C=O) groups is 1. The predicted octanol–water partition coefficient (Wildman–Crippen LogP) is 2.83. The van der Waals surface area contributed by atoms with Crippen molar-refractivity contribution >= 4 is 23.7 Å². The molecule has 1 saturated heterocycles. The maximum atomic E-state index is 10.7. The molecule has 1 aliphatic heterocycles. The fourth-order valence-corrected chi connectivity index (χ4v) is 3.64. The first kappa shape index (κ1) is 11.8. The quantitative estimate of drug-likeness (QED) is 0.796. The molecule has 0 spiro atoms. The van der Waals surface area contributed by atoms with E-state index in [0.717, 1.165) is 30.0 Å². The molecule has 3 nitrogen and oxygen atoms in total. The van der Waals surface area contributed by atoms with Crippen molar-refractivity contribution in [2.45, 2.75) is 19.3 Å². The molecule has 1 atom stereocenters. The molecule has 0 bridgehead atoms. The maximum Gasteiger partial charge on any atom is 0.150 e. The van der Waals surface area contributed by atoms with Gasteiger partial charge < -0.3 is 4.40 Å². The van der Waals surface area contributed by atoms with Crippen molar-refractivity contribution in [3.05, 3.63) is 35.8 Å². The van der Waals surface area contributed by atoms with Gasteiger partial charge in [-0.15, -0.1) is 0 Å². The van der Waals surface area contributed by atoms with Crippen LogP contribution >= 0.6 is 11.8 Å². The minimum Gasteiger partial charge on any atom is -0.307 e. The van der Waals surface area contributed by atoms with Gasteiger partial charge in [0, 0.05) is 18.0 Å². The zero-order valence-corrected chi connectivity index (χ0v) is 11.0. The van der Waals surface area contributed by atoms with Crippen molar-refractivity contribution in [2.75, 3.05) is 11.5 Å². The van der Waals surface area contributed by atoms with E-state index in [1.807, 2.05) is 22.7 Å². The first-order chi connectivity index (χ1) is 8.85. The van der Waals surface area contributed by atoms with Crippen molar-refractivity contribution in [1.82, 2.24) is 9.38 Å². The van der Waals surface area contributed by atoms with E-state index < -0.39 is 0 Å². The van der Waals surface area contributed by atoms with Gasteiger partial charge in [0.2, 0.25) is 0 Å². The summed E-state index contributed by atoms with van der Waals surface area (Å²) >= 11 is 2.05. The lowest BCUT2D eigenvalue weighted by molar-refractivity contribution is 0.112. The van der Waals surface area contributed by atoms with Crippen LogP contribution in [0, 0.1) is 5.92 Å². The average Bonchev–Trinajstić information content (AvgIpc) is 2.80. The Morgan fingerprint density at radius 1 is 1.56 bits per heavy atom. The van der Waals surface area contributed by atoms with Crippen LogP contribution in [-0.2, 0) is 6.42 Å². The Balaban J connectivity index is 1.81. The van der Waals surface area contributed by atoms with Crippen LogP contribution in [0.1, 0.15) is 28.9 Å². The lowest BCUT2D eigenvalue weighted by Gasteiger charge is -2.19. The maximum absolute atomic E-state index is 10.7. The summed E-state index contributed by atoms with van der Waals surface area (Å²) in [5.41, 5.74) is 2.71. The number of nitrogens with zero attached hydrogens (tertiary/aromatic N) is 2. The van der Waals surface area contributed by atoms with E-state index in [0.29, 0.717) is 5.56 Å². The Hall–Kier alpha value is -1.29.